The van der Waals surface area contributed by atoms with Gasteiger partial charge >= 0.3 is 0 Å². The molecule has 0 bridgehead atoms. The fourth-order valence-electron chi connectivity index (χ4n) is 2.21. The zero-order valence-corrected chi connectivity index (χ0v) is 14.2. The van der Waals surface area contributed by atoms with Crippen LogP contribution in [0.1, 0.15) is 47.0 Å². The Hall–Kier alpha value is -0.810. The third kappa shape index (κ3) is 8.27. The van der Waals surface area contributed by atoms with Gasteiger partial charge in [-0.15, -0.1) is 0 Å². The molecule has 0 aliphatic carbocycles. The van der Waals surface area contributed by atoms with Crippen LogP contribution in [0.15, 0.2) is 4.99 Å². The average molecular weight is 299 g/mol. The molecule has 124 valence electrons. The van der Waals surface area contributed by atoms with Crippen molar-refractivity contribution in [3.63, 3.8) is 0 Å². The number of hydrogen-bond donors (Lipinski definition) is 2. The Balaban J connectivity index is 2.22. The van der Waals surface area contributed by atoms with Crippen molar-refractivity contribution in [1.29, 1.82) is 0 Å². The third-order valence-electron chi connectivity index (χ3n) is 3.59. The van der Waals surface area contributed by atoms with E-state index in [9.17, 15) is 0 Å². The number of nitrogens with one attached hydrogen (secondary N) is 2. The summed E-state index contributed by atoms with van der Waals surface area (Å²) in [6, 6.07) is 0. The minimum atomic E-state index is -0.0872. The van der Waals surface area contributed by atoms with Crippen LogP contribution in [0.25, 0.3) is 0 Å². The zero-order chi connectivity index (χ0) is 15.6. The first kappa shape index (κ1) is 18.2. The third-order valence-corrected chi connectivity index (χ3v) is 3.59. The lowest BCUT2D eigenvalue weighted by Gasteiger charge is -2.21. The summed E-state index contributed by atoms with van der Waals surface area (Å²) in [5, 5.41) is 6.57. The van der Waals surface area contributed by atoms with E-state index in [1.54, 1.807) is 0 Å². The largest absolute Gasteiger partial charge is 0.380 e. The summed E-state index contributed by atoms with van der Waals surface area (Å²) in [7, 11) is 0. The molecule has 0 radical (unpaired) electrons. The Morgan fingerprint density at radius 2 is 2.14 bits per heavy atom. The van der Waals surface area contributed by atoms with Gasteiger partial charge in [0, 0.05) is 26.3 Å². The molecule has 0 saturated carbocycles. The molecule has 0 spiro atoms. The average Bonchev–Trinajstić information content (AvgIpc) is 2.87. The van der Waals surface area contributed by atoms with Crippen molar-refractivity contribution in [3.8, 4) is 0 Å². The number of guanidine groups is 1. The molecule has 1 fully saturated rings. The van der Waals surface area contributed by atoms with Gasteiger partial charge in [-0.2, -0.15) is 0 Å². The van der Waals surface area contributed by atoms with E-state index in [4.69, 9.17) is 9.47 Å². The molecule has 2 N–H and O–H groups in total. The van der Waals surface area contributed by atoms with Gasteiger partial charge in [-0.25, -0.2) is 0 Å². The van der Waals surface area contributed by atoms with E-state index in [0.29, 0.717) is 19.1 Å². The monoisotopic (exact) mass is 299 g/mol. The van der Waals surface area contributed by atoms with Crippen LogP contribution in [-0.4, -0.2) is 51.0 Å². The fraction of sp³-hybridized carbons (Fsp3) is 0.938. The lowest BCUT2D eigenvalue weighted by molar-refractivity contribution is 0.0283. The number of hydrogen-bond acceptors (Lipinski definition) is 3. The highest BCUT2D eigenvalue weighted by atomic mass is 16.5. The molecule has 1 atom stereocenters. The summed E-state index contributed by atoms with van der Waals surface area (Å²) in [4.78, 5) is 4.63. The van der Waals surface area contributed by atoms with Gasteiger partial charge in [0.2, 0.25) is 0 Å². The molecule has 0 aromatic carbocycles. The van der Waals surface area contributed by atoms with Crippen molar-refractivity contribution in [3.05, 3.63) is 0 Å². The zero-order valence-electron chi connectivity index (χ0n) is 14.2. The first-order valence-corrected chi connectivity index (χ1v) is 8.29. The van der Waals surface area contributed by atoms with E-state index < -0.39 is 0 Å². The Labute approximate surface area is 129 Å². The fourth-order valence-corrected chi connectivity index (χ4v) is 2.21. The lowest BCUT2D eigenvalue weighted by Crippen LogP contribution is -2.40. The summed E-state index contributed by atoms with van der Waals surface area (Å²) in [5.74, 6) is 1.55. The van der Waals surface area contributed by atoms with E-state index in [-0.39, 0.29) is 5.60 Å². The Bertz CT molecular complexity index is 300. The van der Waals surface area contributed by atoms with Crippen LogP contribution in [-0.2, 0) is 9.47 Å². The standard InChI is InChI=1S/C16H33N3O2/c1-5-17-15(18-9-12-20-11-7-14(2)3)19-13-16(4)8-6-10-21-16/h14H,5-13H2,1-4H3,(H2,17,18,19). The minimum absolute atomic E-state index is 0.0872. The number of aliphatic imine (C=N–C) groups is 1. The first-order valence-electron chi connectivity index (χ1n) is 8.29. The van der Waals surface area contributed by atoms with E-state index in [1.165, 1.54) is 0 Å². The second kappa shape index (κ2) is 10.0. The van der Waals surface area contributed by atoms with Crippen molar-refractivity contribution in [2.75, 3.05) is 39.5 Å². The van der Waals surface area contributed by atoms with Crippen LogP contribution in [0.4, 0.5) is 0 Å². The topological polar surface area (TPSA) is 54.9 Å². The highest BCUT2D eigenvalue weighted by Gasteiger charge is 2.29. The molecule has 1 rings (SSSR count). The lowest BCUT2D eigenvalue weighted by atomic mass is 10.0. The molecule has 1 heterocycles. The predicted molar refractivity (Wildman–Crippen MR) is 87.8 cm³/mol. The Morgan fingerprint density at radius 1 is 1.33 bits per heavy atom. The van der Waals surface area contributed by atoms with Crippen molar-refractivity contribution in [1.82, 2.24) is 10.6 Å². The molecule has 1 unspecified atom stereocenters. The van der Waals surface area contributed by atoms with E-state index in [0.717, 1.165) is 51.5 Å². The van der Waals surface area contributed by atoms with E-state index in [1.807, 2.05) is 0 Å². The number of ether oxygens (including phenoxy) is 2. The Kier molecular flexibility index (Phi) is 8.69. The summed E-state index contributed by atoms with van der Waals surface area (Å²) < 4.78 is 11.4. The molecular weight excluding hydrogens is 266 g/mol. The van der Waals surface area contributed by atoms with Gasteiger partial charge < -0.3 is 20.1 Å². The molecule has 0 aromatic heterocycles. The summed E-state index contributed by atoms with van der Waals surface area (Å²) in [6.07, 6.45) is 3.34. The predicted octanol–water partition coefficient (Wildman–Crippen LogP) is 2.17. The second-order valence-electron chi connectivity index (χ2n) is 6.32. The van der Waals surface area contributed by atoms with Gasteiger partial charge in [0.15, 0.2) is 5.96 Å². The van der Waals surface area contributed by atoms with Crippen molar-refractivity contribution < 1.29 is 9.47 Å². The van der Waals surface area contributed by atoms with Gasteiger partial charge in [-0.3, -0.25) is 4.99 Å². The maximum Gasteiger partial charge on any atom is 0.191 e. The minimum Gasteiger partial charge on any atom is -0.380 e. The highest BCUT2D eigenvalue weighted by Crippen LogP contribution is 2.24. The molecule has 5 heteroatoms. The van der Waals surface area contributed by atoms with Gasteiger partial charge in [0.25, 0.3) is 0 Å². The summed E-state index contributed by atoms with van der Waals surface area (Å²) in [5.41, 5.74) is -0.0872. The van der Waals surface area contributed by atoms with Gasteiger partial charge in [-0.1, -0.05) is 13.8 Å². The maximum absolute atomic E-state index is 5.76. The molecular formula is C16H33N3O2. The summed E-state index contributed by atoms with van der Waals surface area (Å²) >= 11 is 0. The van der Waals surface area contributed by atoms with Crippen LogP contribution in [0.5, 0.6) is 0 Å². The molecule has 1 aliphatic rings. The number of nitrogens with zero attached hydrogens (tertiary/aromatic N) is 1. The number of rotatable bonds is 9. The van der Waals surface area contributed by atoms with Gasteiger partial charge in [-0.05, 0) is 39.0 Å². The van der Waals surface area contributed by atoms with Crippen LogP contribution in [0.2, 0.25) is 0 Å². The molecule has 0 aromatic rings. The maximum atomic E-state index is 5.76. The first-order chi connectivity index (χ1) is 10.1. The van der Waals surface area contributed by atoms with E-state index >= 15 is 0 Å². The van der Waals surface area contributed by atoms with E-state index in [2.05, 4.69) is 43.3 Å². The van der Waals surface area contributed by atoms with Crippen molar-refractivity contribution in [2.45, 2.75) is 52.6 Å². The van der Waals surface area contributed by atoms with Gasteiger partial charge in [0.05, 0.1) is 18.8 Å². The van der Waals surface area contributed by atoms with Crippen molar-refractivity contribution in [2.24, 2.45) is 10.9 Å². The SMILES string of the molecule is CCNC(=NCC1(C)CCCO1)NCCOCCC(C)C. The molecule has 0 amide bonds. The quantitative estimate of drug-likeness (QED) is 0.389. The van der Waals surface area contributed by atoms with Crippen LogP contribution in [0.3, 0.4) is 0 Å². The Morgan fingerprint density at radius 3 is 2.76 bits per heavy atom. The highest BCUT2D eigenvalue weighted by molar-refractivity contribution is 5.79. The second-order valence-corrected chi connectivity index (χ2v) is 6.32. The van der Waals surface area contributed by atoms with Crippen LogP contribution >= 0.6 is 0 Å². The molecule has 5 nitrogen and oxygen atoms in total. The van der Waals surface area contributed by atoms with Crippen LogP contribution in [0, 0.1) is 5.92 Å². The van der Waals surface area contributed by atoms with Gasteiger partial charge in [0.1, 0.15) is 0 Å². The molecule has 1 saturated heterocycles. The van der Waals surface area contributed by atoms with Crippen molar-refractivity contribution >= 4 is 5.96 Å². The normalized spacial score (nSPS) is 22.8. The van der Waals surface area contributed by atoms with Crippen LogP contribution < -0.4 is 10.6 Å². The summed E-state index contributed by atoms with van der Waals surface area (Å²) in [6.45, 7) is 13.4. The molecule has 21 heavy (non-hydrogen) atoms. The smallest absolute Gasteiger partial charge is 0.191 e. The molecule has 1 aliphatic heterocycles.